The molecule has 2 N–H and O–H groups in total. The summed E-state index contributed by atoms with van der Waals surface area (Å²) in [7, 11) is 4.30. The van der Waals surface area contributed by atoms with E-state index in [1.807, 2.05) is 0 Å². The van der Waals surface area contributed by atoms with Gasteiger partial charge in [-0.2, -0.15) is 5.10 Å². The zero-order valence-electron chi connectivity index (χ0n) is 26.1. The van der Waals surface area contributed by atoms with Crippen LogP contribution in [0.25, 0.3) is 6.08 Å². The third kappa shape index (κ3) is 8.79. The summed E-state index contributed by atoms with van der Waals surface area (Å²) in [5.74, 6) is -1.65. The molecule has 2 amide bonds. The number of hydrogen-bond acceptors (Lipinski definition) is 12. The number of nitro benzene ring substituents is 2. The number of nitrogens with zero attached hydrogens (tertiary/aromatic N) is 3. The Morgan fingerprint density at radius 1 is 0.755 bits per heavy atom. The van der Waals surface area contributed by atoms with E-state index < -0.39 is 39.1 Å². The lowest BCUT2D eigenvalue weighted by molar-refractivity contribution is -0.385. The standard InChI is InChI=1S/C33H27N5O11/c1-46-27-17-23(18-28(47-2)31(27)48-3)32(40)35-24-13-11-21(12-14-24)33(41)36-34-19-22-7-5-9-26(38(44)45)30(22)49-29(39)15-10-20-6-4-8-25(16-20)37(42)43/h4-19H,1-3H3,(H,35,40)(H,36,41)/b15-10+,34-19+. The van der Waals surface area contributed by atoms with Crippen LogP contribution in [-0.2, 0) is 4.79 Å². The number of benzene rings is 4. The molecule has 0 unspecified atom stereocenters. The first-order chi connectivity index (χ1) is 23.5. The lowest BCUT2D eigenvalue weighted by Crippen LogP contribution is -2.18. The van der Waals surface area contributed by atoms with Crippen molar-refractivity contribution in [1.82, 2.24) is 5.43 Å². The minimum Gasteiger partial charge on any atom is -0.493 e. The Morgan fingerprint density at radius 3 is 2.04 bits per heavy atom. The number of esters is 1. The van der Waals surface area contributed by atoms with Gasteiger partial charge < -0.3 is 24.3 Å². The maximum atomic E-state index is 12.9. The molecule has 0 saturated heterocycles. The van der Waals surface area contributed by atoms with Gasteiger partial charge in [0.2, 0.25) is 11.5 Å². The predicted octanol–water partition coefficient (Wildman–Crippen LogP) is 5.16. The van der Waals surface area contributed by atoms with Crippen molar-refractivity contribution in [3.8, 4) is 23.0 Å². The summed E-state index contributed by atoms with van der Waals surface area (Å²) in [5.41, 5.74) is 2.65. The summed E-state index contributed by atoms with van der Waals surface area (Å²) in [6, 6.07) is 18.1. The summed E-state index contributed by atoms with van der Waals surface area (Å²) in [6.45, 7) is 0. The molecule has 0 spiro atoms. The maximum Gasteiger partial charge on any atom is 0.336 e. The van der Waals surface area contributed by atoms with E-state index in [2.05, 4.69) is 15.8 Å². The number of carbonyl (C=O) groups excluding carboxylic acids is 3. The van der Waals surface area contributed by atoms with Gasteiger partial charge in [-0.25, -0.2) is 10.2 Å². The predicted molar refractivity (Wildman–Crippen MR) is 176 cm³/mol. The first-order valence-corrected chi connectivity index (χ1v) is 14.0. The van der Waals surface area contributed by atoms with E-state index in [4.69, 9.17) is 18.9 Å². The molecule has 0 aliphatic heterocycles. The zero-order valence-corrected chi connectivity index (χ0v) is 26.1. The highest BCUT2D eigenvalue weighted by molar-refractivity contribution is 6.05. The van der Waals surface area contributed by atoms with Crippen molar-refractivity contribution in [2.45, 2.75) is 0 Å². The van der Waals surface area contributed by atoms with E-state index >= 15 is 0 Å². The van der Waals surface area contributed by atoms with E-state index in [1.165, 1.54) is 100 Å². The van der Waals surface area contributed by atoms with E-state index in [0.29, 0.717) is 28.5 Å². The number of rotatable bonds is 13. The summed E-state index contributed by atoms with van der Waals surface area (Å²) in [4.78, 5) is 59.4. The van der Waals surface area contributed by atoms with Crippen LogP contribution in [0.2, 0.25) is 0 Å². The highest BCUT2D eigenvalue weighted by atomic mass is 16.6. The smallest absolute Gasteiger partial charge is 0.336 e. The number of nitrogens with one attached hydrogen (secondary N) is 2. The highest BCUT2D eigenvalue weighted by Gasteiger charge is 2.21. The topological polar surface area (TPSA) is 211 Å². The lowest BCUT2D eigenvalue weighted by atomic mass is 10.1. The van der Waals surface area contributed by atoms with Crippen LogP contribution >= 0.6 is 0 Å². The van der Waals surface area contributed by atoms with Gasteiger partial charge in [0, 0.05) is 46.7 Å². The molecule has 4 aromatic rings. The monoisotopic (exact) mass is 669 g/mol. The number of methoxy groups -OCH3 is 3. The van der Waals surface area contributed by atoms with Crippen LogP contribution in [-0.4, -0.2) is 55.2 Å². The van der Waals surface area contributed by atoms with E-state index in [-0.39, 0.29) is 22.4 Å². The van der Waals surface area contributed by atoms with Crippen molar-refractivity contribution >= 4 is 47.1 Å². The third-order valence-electron chi connectivity index (χ3n) is 6.62. The number of non-ortho nitro benzene ring substituents is 1. The second-order valence-electron chi connectivity index (χ2n) is 9.70. The number of hydrazone groups is 1. The second-order valence-corrected chi connectivity index (χ2v) is 9.70. The van der Waals surface area contributed by atoms with Crippen molar-refractivity contribution in [2.24, 2.45) is 5.10 Å². The number of amides is 2. The van der Waals surface area contributed by atoms with Gasteiger partial charge in [-0.1, -0.05) is 18.2 Å². The molecular formula is C33H27N5O11. The first kappa shape index (κ1) is 34.8. The average Bonchev–Trinajstić information content (AvgIpc) is 3.10. The van der Waals surface area contributed by atoms with Crippen molar-refractivity contribution in [3.63, 3.8) is 0 Å². The molecule has 16 nitrogen and oxygen atoms in total. The first-order valence-electron chi connectivity index (χ1n) is 14.0. The van der Waals surface area contributed by atoms with Gasteiger partial charge in [0.15, 0.2) is 11.5 Å². The van der Waals surface area contributed by atoms with Crippen molar-refractivity contribution < 1.29 is 43.2 Å². The van der Waals surface area contributed by atoms with Crippen LogP contribution in [0.4, 0.5) is 17.1 Å². The fourth-order valence-electron chi connectivity index (χ4n) is 4.29. The van der Waals surface area contributed by atoms with Gasteiger partial charge in [-0.05, 0) is 54.1 Å². The van der Waals surface area contributed by atoms with Gasteiger partial charge in [0.05, 0.1) is 37.4 Å². The Morgan fingerprint density at radius 2 is 1.43 bits per heavy atom. The van der Waals surface area contributed by atoms with Crippen LogP contribution in [0, 0.1) is 20.2 Å². The Hall–Kier alpha value is -7.10. The number of nitro groups is 2. The van der Waals surface area contributed by atoms with E-state index in [1.54, 1.807) is 0 Å². The number of para-hydroxylation sites is 1. The molecule has 0 saturated carbocycles. The van der Waals surface area contributed by atoms with Crippen LogP contribution in [0.15, 0.2) is 90.0 Å². The van der Waals surface area contributed by atoms with E-state index in [9.17, 15) is 34.6 Å². The minimum absolute atomic E-state index is 0.00329. The molecule has 4 aromatic carbocycles. The molecule has 0 atom stereocenters. The van der Waals surface area contributed by atoms with Crippen LogP contribution in [0.1, 0.15) is 31.8 Å². The highest BCUT2D eigenvalue weighted by Crippen LogP contribution is 2.38. The number of anilines is 1. The van der Waals surface area contributed by atoms with Crippen LogP contribution in [0.3, 0.4) is 0 Å². The molecule has 49 heavy (non-hydrogen) atoms. The van der Waals surface area contributed by atoms with Crippen LogP contribution < -0.4 is 29.7 Å². The molecule has 0 radical (unpaired) electrons. The molecule has 16 heteroatoms. The van der Waals surface area contributed by atoms with Gasteiger partial charge in [0.1, 0.15) is 0 Å². The molecular weight excluding hydrogens is 642 g/mol. The minimum atomic E-state index is -1.00. The summed E-state index contributed by atoms with van der Waals surface area (Å²) >= 11 is 0. The third-order valence-corrected chi connectivity index (χ3v) is 6.62. The Balaban J connectivity index is 1.43. The van der Waals surface area contributed by atoms with Crippen molar-refractivity contribution in [2.75, 3.05) is 26.6 Å². The van der Waals surface area contributed by atoms with Gasteiger partial charge in [-0.15, -0.1) is 0 Å². The molecule has 250 valence electrons. The lowest BCUT2D eigenvalue weighted by Gasteiger charge is -2.14. The molecule has 0 heterocycles. The number of hydrogen-bond donors (Lipinski definition) is 2. The Kier molecular flexibility index (Phi) is 11.3. The summed E-state index contributed by atoms with van der Waals surface area (Å²) in [5, 5.41) is 29.2. The molecule has 0 bridgehead atoms. The number of carbonyl (C=O) groups is 3. The van der Waals surface area contributed by atoms with Gasteiger partial charge in [0.25, 0.3) is 17.5 Å². The molecule has 0 fully saturated rings. The average molecular weight is 670 g/mol. The Labute approximate surface area is 277 Å². The summed E-state index contributed by atoms with van der Waals surface area (Å²) < 4.78 is 21.1. The van der Waals surface area contributed by atoms with Gasteiger partial charge in [-0.3, -0.25) is 29.8 Å². The fourth-order valence-corrected chi connectivity index (χ4v) is 4.29. The van der Waals surface area contributed by atoms with Crippen molar-refractivity contribution in [1.29, 1.82) is 0 Å². The Bertz CT molecular complexity index is 1950. The zero-order chi connectivity index (χ0) is 35.5. The SMILES string of the molecule is COc1cc(C(=O)Nc2ccc(C(=O)N/N=C/c3cccc([N+](=O)[O-])c3OC(=O)/C=C/c3cccc([N+](=O)[O-])c3)cc2)cc(OC)c1OC. The molecule has 0 aliphatic carbocycles. The molecule has 4 rings (SSSR count). The normalized spacial score (nSPS) is 10.8. The largest absolute Gasteiger partial charge is 0.493 e. The number of ether oxygens (including phenoxy) is 4. The van der Waals surface area contributed by atoms with Crippen molar-refractivity contribution in [3.05, 3.63) is 127 Å². The quantitative estimate of drug-likeness (QED) is 0.0474. The van der Waals surface area contributed by atoms with Crippen LogP contribution in [0.5, 0.6) is 23.0 Å². The fraction of sp³-hybridized carbons (Fsp3) is 0.0909. The second kappa shape index (κ2) is 15.9. The molecule has 0 aliphatic rings. The van der Waals surface area contributed by atoms with E-state index in [0.717, 1.165) is 18.4 Å². The summed E-state index contributed by atoms with van der Waals surface area (Å²) in [6.07, 6.45) is 3.27. The van der Waals surface area contributed by atoms with Gasteiger partial charge >= 0.3 is 11.7 Å². The molecule has 0 aromatic heterocycles. The maximum absolute atomic E-state index is 12.9.